The third-order valence-corrected chi connectivity index (χ3v) is 3.48. The molecule has 1 aliphatic rings. The van der Waals surface area contributed by atoms with Gasteiger partial charge in [0.2, 0.25) is 11.7 Å². The molecule has 0 atom stereocenters. The molecule has 0 aliphatic carbocycles. The van der Waals surface area contributed by atoms with Crippen molar-refractivity contribution in [2.24, 2.45) is 0 Å². The van der Waals surface area contributed by atoms with Gasteiger partial charge in [-0.2, -0.15) is 4.98 Å². The largest absolute Gasteiger partial charge is 0.374 e. The highest BCUT2D eigenvalue weighted by Gasteiger charge is 2.16. The highest BCUT2D eigenvalue weighted by atomic mass is 16.5. The first-order valence-electron chi connectivity index (χ1n) is 6.59. The zero-order chi connectivity index (χ0) is 13.2. The molecule has 0 saturated carbocycles. The predicted molar refractivity (Wildman–Crippen MR) is 74.1 cm³/mol. The fourth-order valence-corrected chi connectivity index (χ4v) is 2.52. The summed E-state index contributed by atoms with van der Waals surface area (Å²) in [6, 6.07) is 6.39. The van der Waals surface area contributed by atoms with Crippen molar-refractivity contribution in [1.82, 2.24) is 15.5 Å². The van der Waals surface area contributed by atoms with Crippen molar-refractivity contribution in [3.8, 4) is 11.4 Å². The van der Waals surface area contributed by atoms with Gasteiger partial charge in [0.15, 0.2) is 0 Å². The molecule has 2 aromatic rings. The van der Waals surface area contributed by atoms with E-state index in [1.807, 2.05) is 7.05 Å². The van der Waals surface area contributed by atoms with Crippen LogP contribution in [0, 0.1) is 0 Å². The summed E-state index contributed by atoms with van der Waals surface area (Å²) in [5.74, 6) is 1.29. The fraction of sp³-hybridized carbons (Fsp3) is 0.429. The highest BCUT2D eigenvalue weighted by Crippen LogP contribution is 2.29. The van der Waals surface area contributed by atoms with Crippen LogP contribution in [0.2, 0.25) is 0 Å². The van der Waals surface area contributed by atoms with E-state index < -0.39 is 0 Å². The maximum atomic E-state index is 5.19. The number of aryl methyl sites for hydroxylation is 1. The molecule has 5 nitrogen and oxygen atoms in total. The number of anilines is 1. The van der Waals surface area contributed by atoms with Gasteiger partial charge in [-0.15, -0.1) is 0 Å². The SMILES string of the molecule is CNCc1nc(-c2ccc3c(c2)CCCN3C)no1. The van der Waals surface area contributed by atoms with Crippen LogP contribution in [0.25, 0.3) is 11.4 Å². The van der Waals surface area contributed by atoms with Gasteiger partial charge < -0.3 is 14.7 Å². The Morgan fingerprint density at radius 3 is 3.16 bits per heavy atom. The average molecular weight is 258 g/mol. The Balaban J connectivity index is 1.92. The lowest BCUT2D eigenvalue weighted by molar-refractivity contribution is 0.372. The molecule has 0 saturated heterocycles. The maximum absolute atomic E-state index is 5.19. The van der Waals surface area contributed by atoms with Crippen molar-refractivity contribution >= 4 is 5.69 Å². The summed E-state index contributed by atoms with van der Waals surface area (Å²) in [7, 11) is 4.00. The van der Waals surface area contributed by atoms with Crippen LogP contribution < -0.4 is 10.2 Å². The summed E-state index contributed by atoms with van der Waals surface area (Å²) in [5, 5.41) is 7.03. The zero-order valence-electron chi connectivity index (χ0n) is 11.3. The van der Waals surface area contributed by atoms with E-state index in [4.69, 9.17) is 4.52 Å². The van der Waals surface area contributed by atoms with Crippen LogP contribution >= 0.6 is 0 Å². The van der Waals surface area contributed by atoms with Crippen LogP contribution in [0.5, 0.6) is 0 Å². The Morgan fingerprint density at radius 1 is 1.42 bits per heavy atom. The van der Waals surface area contributed by atoms with E-state index in [2.05, 4.69) is 45.6 Å². The molecule has 1 aromatic carbocycles. The molecule has 1 N–H and O–H groups in total. The first-order valence-corrected chi connectivity index (χ1v) is 6.59. The van der Waals surface area contributed by atoms with E-state index in [1.54, 1.807) is 0 Å². The molecule has 19 heavy (non-hydrogen) atoms. The summed E-state index contributed by atoms with van der Waals surface area (Å²) in [5.41, 5.74) is 3.71. The lowest BCUT2D eigenvalue weighted by atomic mass is 9.99. The number of fused-ring (bicyclic) bond motifs is 1. The predicted octanol–water partition coefficient (Wildman–Crippen LogP) is 1.84. The minimum absolute atomic E-state index is 0.598. The Hall–Kier alpha value is -1.88. The third kappa shape index (κ3) is 2.33. The number of hydrogen-bond donors (Lipinski definition) is 1. The molecular formula is C14H18N4O. The smallest absolute Gasteiger partial charge is 0.240 e. The van der Waals surface area contributed by atoms with Crippen molar-refractivity contribution in [3.63, 3.8) is 0 Å². The van der Waals surface area contributed by atoms with Gasteiger partial charge in [-0.25, -0.2) is 0 Å². The van der Waals surface area contributed by atoms with Crippen molar-refractivity contribution in [2.75, 3.05) is 25.5 Å². The molecule has 0 amide bonds. The molecule has 100 valence electrons. The normalized spacial score (nSPS) is 14.5. The molecule has 3 rings (SSSR count). The summed E-state index contributed by atoms with van der Waals surface area (Å²) < 4.78 is 5.19. The van der Waals surface area contributed by atoms with Crippen molar-refractivity contribution in [3.05, 3.63) is 29.7 Å². The van der Waals surface area contributed by atoms with E-state index in [0.29, 0.717) is 18.3 Å². The van der Waals surface area contributed by atoms with Crippen LogP contribution in [0.1, 0.15) is 17.9 Å². The molecule has 0 bridgehead atoms. The van der Waals surface area contributed by atoms with Gasteiger partial charge in [-0.3, -0.25) is 0 Å². The topological polar surface area (TPSA) is 54.2 Å². The summed E-state index contributed by atoms with van der Waals surface area (Å²) in [6.07, 6.45) is 2.32. The van der Waals surface area contributed by atoms with Crippen molar-refractivity contribution in [1.29, 1.82) is 0 Å². The average Bonchev–Trinajstić information content (AvgIpc) is 2.88. The van der Waals surface area contributed by atoms with E-state index in [1.165, 1.54) is 17.7 Å². The minimum atomic E-state index is 0.598. The first-order chi connectivity index (χ1) is 9.28. The number of nitrogens with zero attached hydrogens (tertiary/aromatic N) is 3. The molecule has 2 heterocycles. The van der Waals surface area contributed by atoms with Crippen LogP contribution in [0.3, 0.4) is 0 Å². The Kier molecular flexibility index (Phi) is 3.21. The van der Waals surface area contributed by atoms with Crippen molar-refractivity contribution < 1.29 is 4.52 Å². The molecular weight excluding hydrogens is 240 g/mol. The van der Waals surface area contributed by atoms with Gasteiger partial charge in [-0.1, -0.05) is 5.16 Å². The van der Waals surface area contributed by atoms with Gasteiger partial charge in [0.1, 0.15) is 0 Å². The molecule has 0 radical (unpaired) electrons. The Bertz CT molecular complexity index is 579. The number of benzene rings is 1. The quantitative estimate of drug-likeness (QED) is 0.910. The van der Waals surface area contributed by atoms with Crippen LogP contribution in [-0.4, -0.2) is 30.8 Å². The molecule has 5 heteroatoms. The van der Waals surface area contributed by atoms with Crippen LogP contribution in [0.4, 0.5) is 5.69 Å². The minimum Gasteiger partial charge on any atom is -0.374 e. The van der Waals surface area contributed by atoms with Gasteiger partial charge in [0, 0.05) is 24.8 Å². The fourth-order valence-electron chi connectivity index (χ4n) is 2.52. The van der Waals surface area contributed by atoms with Gasteiger partial charge in [0.05, 0.1) is 6.54 Å². The molecule has 0 fully saturated rings. The van der Waals surface area contributed by atoms with E-state index >= 15 is 0 Å². The summed E-state index contributed by atoms with van der Waals surface area (Å²) in [6.45, 7) is 1.72. The van der Waals surface area contributed by atoms with E-state index in [0.717, 1.165) is 18.5 Å². The van der Waals surface area contributed by atoms with E-state index in [-0.39, 0.29) is 0 Å². The second-order valence-electron chi connectivity index (χ2n) is 4.91. The molecule has 0 unspecified atom stereocenters. The maximum Gasteiger partial charge on any atom is 0.240 e. The number of rotatable bonds is 3. The first kappa shape index (κ1) is 12.2. The zero-order valence-corrected chi connectivity index (χ0v) is 11.3. The Morgan fingerprint density at radius 2 is 2.32 bits per heavy atom. The van der Waals surface area contributed by atoms with Crippen LogP contribution in [-0.2, 0) is 13.0 Å². The number of aromatic nitrogens is 2. The van der Waals surface area contributed by atoms with Crippen LogP contribution in [0.15, 0.2) is 22.7 Å². The second kappa shape index (κ2) is 5.01. The molecule has 0 spiro atoms. The number of nitrogens with one attached hydrogen (secondary N) is 1. The van der Waals surface area contributed by atoms with Gasteiger partial charge >= 0.3 is 0 Å². The highest BCUT2D eigenvalue weighted by molar-refractivity contribution is 5.65. The van der Waals surface area contributed by atoms with Crippen molar-refractivity contribution in [2.45, 2.75) is 19.4 Å². The van der Waals surface area contributed by atoms with Gasteiger partial charge in [-0.05, 0) is 43.7 Å². The molecule has 1 aliphatic heterocycles. The van der Waals surface area contributed by atoms with Gasteiger partial charge in [0.25, 0.3) is 0 Å². The summed E-state index contributed by atoms with van der Waals surface area (Å²) >= 11 is 0. The second-order valence-corrected chi connectivity index (χ2v) is 4.91. The lowest BCUT2D eigenvalue weighted by Crippen LogP contribution is -2.24. The monoisotopic (exact) mass is 258 g/mol. The number of hydrogen-bond acceptors (Lipinski definition) is 5. The molecule has 1 aromatic heterocycles. The standard InChI is InChI=1S/C14H18N4O/c1-15-9-13-16-14(17-19-13)11-5-6-12-10(8-11)4-3-7-18(12)2/h5-6,8,15H,3-4,7,9H2,1-2H3. The summed E-state index contributed by atoms with van der Waals surface area (Å²) in [4.78, 5) is 6.68. The Labute approximate surface area is 112 Å². The third-order valence-electron chi connectivity index (χ3n) is 3.48. The lowest BCUT2D eigenvalue weighted by Gasteiger charge is -2.27. The van der Waals surface area contributed by atoms with E-state index in [9.17, 15) is 0 Å².